The average Bonchev–Trinajstić information content (AvgIpc) is 2.39. The fourth-order valence-electron chi connectivity index (χ4n) is 1.61. The highest BCUT2D eigenvalue weighted by Gasteiger charge is 2.08. The second kappa shape index (κ2) is 5.81. The lowest BCUT2D eigenvalue weighted by atomic mass is 10.1. The quantitative estimate of drug-likeness (QED) is 0.918. The summed E-state index contributed by atoms with van der Waals surface area (Å²) in [4.78, 5) is 0. The van der Waals surface area contributed by atoms with Gasteiger partial charge in [0, 0.05) is 16.6 Å². The van der Waals surface area contributed by atoms with Gasteiger partial charge >= 0.3 is 0 Å². The molecule has 0 aliphatic carbocycles. The first-order valence-corrected chi connectivity index (χ1v) is 6.27. The van der Waals surface area contributed by atoms with Gasteiger partial charge in [0.15, 0.2) is 0 Å². The summed E-state index contributed by atoms with van der Waals surface area (Å²) in [6.07, 6.45) is 0. The molecule has 0 aliphatic heterocycles. The fraction of sp³-hybridized carbons (Fsp3) is 0.0714. The van der Waals surface area contributed by atoms with Crippen molar-refractivity contribution in [2.75, 3.05) is 5.32 Å². The molecule has 2 aromatic rings. The maximum atomic E-state index is 13.6. The molecule has 2 nitrogen and oxygen atoms in total. The lowest BCUT2D eigenvalue weighted by Crippen LogP contribution is -2.04. The Balaban J connectivity index is 2.17. The summed E-state index contributed by atoms with van der Waals surface area (Å²) in [5.41, 5.74) is 0.911. The molecule has 0 fully saturated rings. The zero-order valence-electron chi connectivity index (χ0n) is 9.75. The van der Waals surface area contributed by atoms with Crippen LogP contribution in [0.1, 0.15) is 11.1 Å². The molecule has 2 aromatic carbocycles. The minimum Gasteiger partial charge on any atom is -0.378 e. The predicted octanol–water partition coefficient (Wildman–Crippen LogP) is 4.21. The van der Waals surface area contributed by atoms with E-state index >= 15 is 0 Å². The van der Waals surface area contributed by atoms with Gasteiger partial charge in [0.1, 0.15) is 11.6 Å². The Labute approximate surface area is 117 Å². The van der Waals surface area contributed by atoms with Crippen LogP contribution in [0.5, 0.6) is 0 Å². The third-order valence-electron chi connectivity index (χ3n) is 2.60. The van der Waals surface area contributed by atoms with Crippen molar-refractivity contribution in [1.82, 2.24) is 0 Å². The molecule has 0 atom stereocenters. The Morgan fingerprint density at radius 1 is 1.16 bits per heavy atom. The van der Waals surface area contributed by atoms with Crippen molar-refractivity contribution in [1.29, 1.82) is 5.26 Å². The number of para-hydroxylation sites is 1. The smallest absolute Gasteiger partial charge is 0.147 e. The number of halogens is 3. The molecule has 0 saturated heterocycles. The highest BCUT2D eigenvalue weighted by Crippen LogP contribution is 2.26. The molecule has 19 heavy (non-hydrogen) atoms. The van der Waals surface area contributed by atoms with Gasteiger partial charge < -0.3 is 5.32 Å². The van der Waals surface area contributed by atoms with Crippen molar-refractivity contribution in [2.24, 2.45) is 0 Å². The average molecular weight is 323 g/mol. The molecule has 5 heteroatoms. The largest absolute Gasteiger partial charge is 0.378 e. The van der Waals surface area contributed by atoms with Gasteiger partial charge in [-0.2, -0.15) is 5.26 Å². The maximum absolute atomic E-state index is 13.6. The van der Waals surface area contributed by atoms with E-state index in [1.165, 1.54) is 18.2 Å². The molecule has 0 heterocycles. The van der Waals surface area contributed by atoms with Gasteiger partial charge in [-0.25, -0.2) is 8.78 Å². The van der Waals surface area contributed by atoms with Gasteiger partial charge in [-0.15, -0.1) is 0 Å². The molecule has 0 radical (unpaired) electrons. The number of benzene rings is 2. The summed E-state index contributed by atoms with van der Waals surface area (Å²) >= 11 is 3.22. The normalized spacial score (nSPS) is 10.0. The molecular weight excluding hydrogens is 314 g/mol. The van der Waals surface area contributed by atoms with E-state index in [4.69, 9.17) is 5.26 Å². The molecule has 0 bridgehead atoms. The minimum absolute atomic E-state index is 0.136. The molecule has 0 aliphatic rings. The highest BCUT2D eigenvalue weighted by atomic mass is 79.9. The third kappa shape index (κ3) is 3.09. The van der Waals surface area contributed by atoms with Crippen molar-refractivity contribution >= 4 is 21.6 Å². The van der Waals surface area contributed by atoms with Gasteiger partial charge in [-0.3, -0.25) is 0 Å². The van der Waals surface area contributed by atoms with E-state index in [1.807, 2.05) is 6.07 Å². The van der Waals surface area contributed by atoms with Gasteiger partial charge in [0.25, 0.3) is 0 Å². The molecule has 0 unspecified atom stereocenters. The first kappa shape index (κ1) is 13.5. The van der Waals surface area contributed by atoms with Crippen molar-refractivity contribution in [3.63, 3.8) is 0 Å². The van der Waals surface area contributed by atoms with Crippen molar-refractivity contribution in [3.8, 4) is 6.07 Å². The van der Waals surface area contributed by atoms with E-state index in [1.54, 1.807) is 12.1 Å². The Bertz CT molecular complexity index is 630. The molecule has 0 spiro atoms. The lowest BCUT2D eigenvalue weighted by molar-refractivity contribution is 0.610. The van der Waals surface area contributed by atoms with Crippen LogP contribution in [-0.2, 0) is 6.54 Å². The van der Waals surface area contributed by atoms with E-state index in [0.29, 0.717) is 10.0 Å². The summed E-state index contributed by atoms with van der Waals surface area (Å²) in [6.45, 7) is 0.136. The number of nitrogens with one attached hydrogen (secondary N) is 1. The van der Waals surface area contributed by atoms with Gasteiger partial charge in [0.05, 0.1) is 17.3 Å². The van der Waals surface area contributed by atoms with Crippen LogP contribution in [0.15, 0.2) is 40.9 Å². The van der Waals surface area contributed by atoms with Crippen molar-refractivity contribution < 1.29 is 8.78 Å². The fourth-order valence-corrected chi connectivity index (χ4v) is 2.09. The van der Waals surface area contributed by atoms with E-state index < -0.39 is 11.6 Å². The Morgan fingerprint density at radius 2 is 1.95 bits per heavy atom. The zero-order chi connectivity index (χ0) is 13.8. The minimum atomic E-state index is -0.487. The number of nitrogens with zero attached hydrogens (tertiary/aromatic N) is 1. The Hall–Kier alpha value is -1.93. The molecule has 96 valence electrons. The molecule has 1 N–H and O–H groups in total. The maximum Gasteiger partial charge on any atom is 0.147 e. The topological polar surface area (TPSA) is 35.8 Å². The monoisotopic (exact) mass is 322 g/mol. The Morgan fingerprint density at radius 3 is 2.58 bits per heavy atom. The van der Waals surface area contributed by atoms with Crippen LogP contribution in [0.3, 0.4) is 0 Å². The van der Waals surface area contributed by atoms with Crippen LogP contribution in [0.2, 0.25) is 0 Å². The van der Waals surface area contributed by atoms with Crippen LogP contribution in [0.4, 0.5) is 14.5 Å². The van der Waals surface area contributed by atoms with Crippen molar-refractivity contribution in [2.45, 2.75) is 6.54 Å². The number of rotatable bonds is 3. The number of hydrogen-bond donors (Lipinski definition) is 1. The van der Waals surface area contributed by atoms with Crippen LogP contribution in [-0.4, -0.2) is 0 Å². The molecule has 2 rings (SSSR count). The summed E-state index contributed by atoms with van der Waals surface area (Å²) in [5.74, 6) is -0.901. The lowest BCUT2D eigenvalue weighted by Gasteiger charge is -2.10. The van der Waals surface area contributed by atoms with Crippen LogP contribution >= 0.6 is 15.9 Å². The SMILES string of the molecule is N#Cc1ccc(CNc2c(F)cccc2Br)c(F)c1. The second-order valence-corrected chi connectivity index (χ2v) is 4.72. The number of nitriles is 1. The zero-order valence-corrected chi connectivity index (χ0v) is 11.3. The molecule has 0 aromatic heterocycles. The molecular formula is C14H9BrF2N2. The number of hydrogen-bond acceptors (Lipinski definition) is 2. The van der Waals surface area contributed by atoms with Crippen LogP contribution in [0, 0.1) is 23.0 Å². The predicted molar refractivity (Wildman–Crippen MR) is 72.5 cm³/mol. The third-order valence-corrected chi connectivity index (χ3v) is 3.26. The Kier molecular flexibility index (Phi) is 4.13. The van der Waals surface area contributed by atoms with Crippen molar-refractivity contribution in [3.05, 3.63) is 63.6 Å². The van der Waals surface area contributed by atoms with Crippen LogP contribution in [0.25, 0.3) is 0 Å². The second-order valence-electron chi connectivity index (χ2n) is 3.87. The van der Waals surface area contributed by atoms with E-state index in [-0.39, 0.29) is 17.8 Å². The first-order valence-electron chi connectivity index (χ1n) is 5.48. The van der Waals surface area contributed by atoms with Gasteiger partial charge in [-0.1, -0.05) is 12.1 Å². The van der Waals surface area contributed by atoms with Gasteiger partial charge in [-0.05, 0) is 40.2 Å². The summed E-state index contributed by atoms with van der Waals surface area (Å²) in [6, 6.07) is 10.6. The summed E-state index contributed by atoms with van der Waals surface area (Å²) in [5, 5.41) is 11.5. The van der Waals surface area contributed by atoms with E-state index in [2.05, 4.69) is 21.2 Å². The van der Waals surface area contributed by atoms with E-state index in [0.717, 1.165) is 6.07 Å². The molecule has 0 saturated carbocycles. The summed E-state index contributed by atoms with van der Waals surface area (Å²) < 4.78 is 27.8. The standard InChI is InChI=1S/C14H9BrF2N2/c15-11-2-1-3-12(16)14(11)19-8-10-5-4-9(7-18)6-13(10)17/h1-6,19H,8H2. The van der Waals surface area contributed by atoms with Crippen LogP contribution < -0.4 is 5.32 Å². The summed E-state index contributed by atoms with van der Waals surface area (Å²) in [7, 11) is 0. The number of anilines is 1. The van der Waals surface area contributed by atoms with E-state index in [9.17, 15) is 8.78 Å². The first-order chi connectivity index (χ1) is 9.11. The highest BCUT2D eigenvalue weighted by molar-refractivity contribution is 9.10. The molecule has 0 amide bonds. The van der Waals surface area contributed by atoms with Gasteiger partial charge in [0.2, 0.25) is 0 Å².